The first-order valence-corrected chi connectivity index (χ1v) is 11.1. The topological polar surface area (TPSA) is 67.9 Å². The number of rotatable bonds is 9. The molecule has 3 aromatic rings. The zero-order valence-corrected chi connectivity index (χ0v) is 18.3. The number of likely N-dealkylation sites (N-methyl/N-ethyl adjacent to an activating group) is 1. The molecule has 0 aliphatic rings. The van der Waals surface area contributed by atoms with Gasteiger partial charge in [0.1, 0.15) is 23.9 Å². The summed E-state index contributed by atoms with van der Waals surface area (Å²) in [6.45, 7) is 1.15. The Morgan fingerprint density at radius 1 is 0.933 bits per heavy atom. The first-order valence-electron chi connectivity index (χ1n) is 9.26. The molecule has 8 heteroatoms. The molecule has 0 unspecified atom stereocenters. The van der Waals surface area contributed by atoms with Crippen molar-refractivity contribution in [2.75, 3.05) is 32.0 Å². The van der Waals surface area contributed by atoms with E-state index in [0.29, 0.717) is 41.1 Å². The molecule has 3 rings (SSSR count). The molecule has 0 aliphatic heterocycles. The second kappa shape index (κ2) is 9.84. The average Bonchev–Trinajstić information content (AvgIpc) is 2.71. The van der Waals surface area contributed by atoms with E-state index >= 15 is 0 Å². The van der Waals surface area contributed by atoms with E-state index in [2.05, 4.69) is 4.72 Å². The highest BCUT2D eigenvalue weighted by molar-refractivity contribution is 7.92. The maximum atomic E-state index is 12.7. The van der Waals surface area contributed by atoms with Crippen LogP contribution in [0.15, 0.2) is 77.7 Å². The number of ether oxygens (including phenoxy) is 2. The summed E-state index contributed by atoms with van der Waals surface area (Å²) in [5, 5.41) is 0.416. The lowest BCUT2D eigenvalue weighted by Crippen LogP contribution is -2.19. The Morgan fingerprint density at radius 3 is 2.27 bits per heavy atom. The molecule has 0 aliphatic carbocycles. The predicted molar refractivity (Wildman–Crippen MR) is 119 cm³/mol. The summed E-state index contributed by atoms with van der Waals surface area (Å²) in [7, 11) is 0.0935. The van der Waals surface area contributed by atoms with E-state index < -0.39 is 10.0 Å². The molecule has 30 heavy (non-hydrogen) atoms. The minimum atomic E-state index is -3.78. The molecule has 0 aromatic heterocycles. The normalized spacial score (nSPS) is 11.3. The molecule has 0 spiro atoms. The van der Waals surface area contributed by atoms with Crippen LogP contribution in [0, 0.1) is 0 Å². The fourth-order valence-corrected chi connectivity index (χ4v) is 3.76. The molecule has 158 valence electrons. The summed E-state index contributed by atoms with van der Waals surface area (Å²) >= 11 is 6.15. The smallest absolute Gasteiger partial charge is 0.261 e. The molecule has 0 saturated heterocycles. The minimum absolute atomic E-state index is 0.118. The highest BCUT2D eigenvalue weighted by atomic mass is 35.5. The largest absolute Gasteiger partial charge is 0.491 e. The predicted octanol–water partition coefficient (Wildman–Crippen LogP) is 4.87. The quantitative estimate of drug-likeness (QED) is 0.507. The summed E-state index contributed by atoms with van der Waals surface area (Å²) in [5.41, 5.74) is 0.365. The summed E-state index contributed by atoms with van der Waals surface area (Å²) in [5.74, 6) is 1.64. The summed E-state index contributed by atoms with van der Waals surface area (Å²) in [4.78, 5) is 2.10. The van der Waals surface area contributed by atoms with Gasteiger partial charge in [0, 0.05) is 12.6 Å². The Balaban J connectivity index is 1.70. The van der Waals surface area contributed by atoms with Crippen LogP contribution >= 0.6 is 11.6 Å². The Hall–Kier alpha value is -2.74. The number of benzene rings is 3. The number of anilines is 1. The first kappa shape index (κ1) is 22.0. The second-order valence-electron chi connectivity index (χ2n) is 6.79. The molecule has 0 saturated carbocycles. The van der Waals surface area contributed by atoms with Crippen molar-refractivity contribution in [1.29, 1.82) is 0 Å². The van der Waals surface area contributed by atoms with Crippen LogP contribution in [0.5, 0.6) is 17.2 Å². The van der Waals surface area contributed by atoms with Gasteiger partial charge >= 0.3 is 0 Å². The summed E-state index contributed by atoms with van der Waals surface area (Å²) in [6.07, 6.45) is 0. The third-order valence-corrected chi connectivity index (χ3v) is 5.80. The van der Waals surface area contributed by atoms with Gasteiger partial charge in [0.25, 0.3) is 10.0 Å². The van der Waals surface area contributed by atoms with Gasteiger partial charge in [-0.3, -0.25) is 4.72 Å². The molecule has 6 nitrogen and oxygen atoms in total. The van der Waals surface area contributed by atoms with E-state index in [1.54, 1.807) is 30.3 Å². The van der Waals surface area contributed by atoms with Gasteiger partial charge in [-0.15, -0.1) is 0 Å². The Morgan fingerprint density at radius 2 is 1.60 bits per heavy atom. The van der Waals surface area contributed by atoms with E-state index in [0.717, 1.165) is 0 Å². The third-order valence-electron chi connectivity index (χ3n) is 4.09. The monoisotopic (exact) mass is 446 g/mol. The molecule has 0 radical (unpaired) electrons. The highest BCUT2D eigenvalue weighted by Crippen LogP contribution is 2.29. The van der Waals surface area contributed by atoms with Crippen molar-refractivity contribution in [3.8, 4) is 17.2 Å². The maximum Gasteiger partial charge on any atom is 0.261 e. The Labute approximate surface area is 182 Å². The Kier molecular flexibility index (Phi) is 7.20. The van der Waals surface area contributed by atoms with Crippen molar-refractivity contribution in [2.24, 2.45) is 0 Å². The minimum Gasteiger partial charge on any atom is -0.491 e. The van der Waals surface area contributed by atoms with Crippen LogP contribution in [-0.4, -0.2) is 40.6 Å². The molecule has 0 bridgehead atoms. The first-order chi connectivity index (χ1) is 14.3. The van der Waals surface area contributed by atoms with Crippen molar-refractivity contribution in [3.63, 3.8) is 0 Å². The maximum absolute atomic E-state index is 12.7. The van der Waals surface area contributed by atoms with Crippen molar-refractivity contribution in [1.82, 2.24) is 4.90 Å². The lowest BCUT2D eigenvalue weighted by atomic mass is 10.3. The van der Waals surface area contributed by atoms with Crippen molar-refractivity contribution in [3.05, 3.63) is 77.8 Å². The number of sulfonamides is 1. The van der Waals surface area contributed by atoms with Gasteiger partial charge in [-0.25, -0.2) is 8.42 Å². The zero-order chi connectivity index (χ0) is 21.6. The third kappa shape index (κ3) is 6.13. The number of nitrogens with one attached hydrogen (secondary N) is 1. The zero-order valence-electron chi connectivity index (χ0n) is 16.7. The molecule has 1 N–H and O–H groups in total. The summed E-state index contributed by atoms with van der Waals surface area (Å²) < 4.78 is 39.4. The van der Waals surface area contributed by atoms with Crippen LogP contribution in [0.4, 0.5) is 5.69 Å². The van der Waals surface area contributed by atoms with Crippen LogP contribution in [0.1, 0.15) is 0 Å². The van der Waals surface area contributed by atoms with E-state index in [1.165, 1.54) is 12.1 Å². The lowest BCUT2D eigenvalue weighted by molar-refractivity contribution is 0.261. The fourth-order valence-electron chi connectivity index (χ4n) is 2.54. The number of para-hydroxylation sites is 1. The van der Waals surface area contributed by atoms with Gasteiger partial charge in [0.15, 0.2) is 0 Å². The van der Waals surface area contributed by atoms with Gasteiger partial charge in [-0.05, 0) is 62.6 Å². The van der Waals surface area contributed by atoms with Crippen molar-refractivity contribution < 1.29 is 17.9 Å². The van der Waals surface area contributed by atoms with Crippen LogP contribution in [-0.2, 0) is 10.0 Å². The molecular weight excluding hydrogens is 424 g/mol. The molecular formula is C22H23ClN2O4S. The van der Waals surface area contributed by atoms with Gasteiger partial charge in [0.05, 0.1) is 15.6 Å². The molecule has 0 fully saturated rings. The molecule has 0 atom stereocenters. The number of nitrogens with zero attached hydrogens (tertiary/aromatic N) is 1. The van der Waals surface area contributed by atoms with Gasteiger partial charge in [-0.2, -0.15) is 0 Å². The molecule has 0 amide bonds. The average molecular weight is 447 g/mol. The van der Waals surface area contributed by atoms with E-state index in [-0.39, 0.29) is 4.90 Å². The van der Waals surface area contributed by atoms with Crippen LogP contribution in [0.2, 0.25) is 5.02 Å². The van der Waals surface area contributed by atoms with Gasteiger partial charge in [0.2, 0.25) is 0 Å². The lowest BCUT2D eigenvalue weighted by Gasteiger charge is -2.14. The van der Waals surface area contributed by atoms with Gasteiger partial charge < -0.3 is 14.4 Å². The van der Waals surface area contributed by atoms with Crippen LogP contribution in [0.3, 0.4) is 0 Å². The molecule has 3 aromatic carbocycles. The number of hydrogen-bond donors (Lipinski definition) is 1. The SMILES string of the molecule is CN(C)CCOc1cc(NS(=O)(=O)c2ccc(Oc3ccccc3)cc2)ccc1Cl. The van der Waals surface area contributed by atoms with E-state index in [4.69, 9.17) is 21.1 Å². The van der Waals surface area contributed by atoms with Crippen LogP contribution < -0.4 is 14.2 Å². The van der Waals surface area contributed by atoms with Crippen LogP contribution in [0.25, 0.3) is 0 Å². The second-order valence-corrected chi connectivity index (χ2v) is 8.88. The summed E-state index contributed by atoms with van der Waals surface area (Å²) in [6, 6.07) is 20.2. The van der Waals surface area contributed by atoms with Crippen molar-refractivity contribution >= 4 is 27.3 Å². The van der Waals surface area contributed by atoms with Gasteiger partial charge in [-0.1, -0.05) is 29.8 Å². The van der Waals surface area contributed by atoms with E-state index in [9.17, 15) is 8.42 Å². The highest BCUT2D eigenvalue weighted by Gasteiger charge is 2.15. The fraction of sp³-hybridized carbons (Fsp3) is 0.182. The Bertz CT molecular complexity index is 1070. The van der Waals surface area contributed by atoms with Crippen molar-refractivity contribution in [2.45, 2.75) is 4.90 Å². The van der Waals surface area contributed by atoms with E-state index in [1.807, 2.05) is 49.3 Å². The number of hydrogen-bond acceptors (Lipinski definition) is 5. The standard InChI is InChI=1S/C22H23ClN2O4S/c1-25(2)14-15-28-22-16-17(8-13-21(22)23)24-30(26,27)20-11-9-19(10-12-20)29-18-6-4-3-5-7-18/h3-13,16,24H,14-15H2,1-2H3. The molecule has 0 heterocycles. The number of halogens is 1.